The maximum atomic E-state index is 11.6. The van der Waals surface area contributed by atoms with Crippen LogP contribution in [0.2, 0.25) is 0 Å². The monoisotopic (exact) mass is 242 g/mol. The van der Waals surface area contributed by atoms with Gasteiger partial charge in [0.2, 0.25) is 5.91 Å². The first-order valence-corrected chi connectivity index (χ1v) is 6.15. The van der Waals surface area contributed by atoms with E-state index in [0.29, 0.717) is 32.4 Å². The van der Waals surface area contributed by atoms with Crippen molar-refractivity contribution in [2.24, 2.45) is 11.1 Å². The van der Waals surface area contributed by atoms with E-state index in [4.69, 9.17) is 5.73 Å². The summed E-state index contributed by atoms with van der Waals surface area (Å²) in [6.45, 7) is 1.11. The highest BCUT2D eigenvalue weighted by Crippen LogP contribution is 2.42. The summed E-state index contributed by atoms with van der Waals surface area (Å²) >= 11 is 0. The van der Waals surface area contributed by atoms with E-state index in [1.165, 1.54) is 13.5 Å². The summed E-state index contributed by atoms with van der Waals surface area (Å²) in [5, 5.41) is 2.82. The van der Waals surface area contributed by atoms with Gasteiger partial charge in [-0.25, -0.2) is 0 Å². The van der Waals surface area contributed by atoms with Crippen LogP contribution < -0.4 is 11.1 Å². The molecular weight excluding hydrogens is 220 g/mol. The lowest BCUT2D eigenvalue weighted by molar-refractivity contribution is -0.140. The molecule has 0 aromatic heterocycles. The zero-order chi connectivity index (χ0) is 12.7. The standard InChI is InChI=1S/C12H22N2O3/c1-17-11(16)4-2-7-14-10(15)8-12(9-13)5-3-6-12/h2-9,13H2,1H3,(H,14,15). The summed E-state index contributed by atoms with van der Waals surface area (Å²) in [4.78, 5) is 22.5. The molecule has 0 heterocycles. The maximum Gasteiger partial charge on any atom is 0.305 e. The number of carbonyl (C=O) groups excluding carboxylic acids is 2. The Morgan fingerprint density at radius 2 is 2.12 bits per heavy atom. The van der Waals surface area contributed by atoms with Crippen LogP contribution in [-0.4, -0.2) is 32.1 Å². The fourth-order valence-electron chi connectivity index (χ4n) is 2.10. The lowest BCUT2D eigenvalue weighted by Gasteiger charge is -2.40. The zero-order valence-electron chi connectivity index (χ0n) is 10.5. The number of ether oxygens (including phenoxy) is 1. The Bertz CT molecular complexity index is 269. The molecule has 0 aliphatic heterocycles. The van der Waals surface area contributed by atoms with E-state index in [0.717, 1.165) is 12.8 Å². The van der Waals surface area contributed by atoms with E-state index in [9.17, 15) is 9.59 Å². The Kier molecular flexibility index (Phi) is 5.41. The van der Waals surface area contributed by atoms with E-state index in [2.05, 4.69) is 10.1 Å². The molecule has 0 aromatic carbocycles. The Morgan fingerprint density at radius 1 is 1.41 bits per heavy atom. The van der Waals surface area contributed by atoms with Crippen molar-refractivity contribution in [3.63, 3.8) is 0 Å². The van der Waals surface area contributed by atoms with E-state index < -0.39 is 0 Å². The molecule has 0 radical (unpaired) electrons. The number of carbonyl (C=O) groups is 2. The van der Waals surface area contributed by atoms with Gasteiger partial charge in [0.05, 0.1) is 7.11 Å². The highest BCUT2D eigenvalue weighted by atomic mass is 16.5. The number of methoxy groups -OCH3 is 1. The van der Waals surface area contributed by atoms with Crippen molar-refractivity contribution in [2.45, 2.75) is 38.5 Å². The Morgan fingerprint density at radius 3 is 2.59 bits per heavy atom. The van der Waals surface area contributed by atoms with Gasteiger partial charge in [-0.1, -0.05) is 6.42 Å². The third-order valence-corrected chi connectivity index (χ3v) is 3.49. The second kappa shape index (κ2) is 6.59. The van der Waals surface area contributed by atoms with Crippen molar-refractivity contribution < 1.29 is 14.3 Å². The van der Waals surface area contributed by atoms with Gasteiger partial charge in [-0.05, 0) is 31.2 Å². The average molecular weight is 242 g/mol. The molecule has 0 unspecified atom stereocenters. The molecular formula is C12H22N2O3. The topological polar surface area (TPSA) is 81.4 Å². The SMILES string of the molecule is COC(=O)CCCNC(=O)CC1(CN)CCC1. The summed E-state index contributed by atoms with van der Waals surface area (Å²) in [5.74, 6) is -0.198. The second-order valence-electron chi connectivity index (χ2n) is 4.76. The molecule has 1 aliphatic carbocycles. The summed E-state index contributed by atoms with van der Waals surface area (Å²) in [7, 11) is 1.36. The number of rotatable bonds is 7. The highest BCUT2D eigenvalue weighted by molar-refractivity contribution is 5.77. The van der Waals surface area contributed by atoms with Crippen molar-refractivity contribution >= 4 is 11.9 Å². The van der Waals surface area contributed by atoms with Gasteiger partial charge in [-0.3, -0.25) is 9.59 Å². The van der Waals surface area contributed by atoms with Gasteiger partial charge in [-0.2, -0.15) is 0 Å². The minimum Gasteiger partial charge on any atom is -0.469 e. The third-order valence-electron chi connectivity index (χ3n) is 3.49. The van der Waals surface area contributed by atoms with Crippen LogP contribution in [0.25, 0.3) is 0 Å². The smallest absolute Gasteiger partial charge is 0.305 e. The predicted molar refractivity (Wildman–Crippen MR) is 64.2 cm³/mol. The van der Waals surface area contributed by atoms with Gasteiger partial charge in [0.25, 0.3) is 0 Å². The maximum absolute atomic E-state index is 11.6. The Balaban J connectivity index is 2.11. The fourth-order valence-corrected chi connectivity index (χ4v) is 2.10. The van der Waals surface area contributed by atoms with Crippen molar-refractivity contribution in [3.8, 4) is 0 Å². The van der Waals surface area contributed by atoms with Gasteiger partial charge >= 0.3 is 5.97 Å². The molecule has 1 fully saturated rings. The van der Waals surface area contributed by atoms with Crippen molar-refractivity contribution in [2.75, 3.05) is 20.2 Å². The molecule has 1 saturated carbocycles. The van der Waals surface area contributed by atoms with Gasteiger partial charge in [0.15, 0.2) is 0 Å². The van der Waals surface area contributed by atoms with Crippen LogP contribution in [0.4, 0.5) is 0 Å². The Hall–Kier alpha value is -1.10. The van der Waals surface area contributed by atoms with Crippen LogP contribution in [0, 0.1) is 5.41 Å². The molecule has 0 bridgehead atoms. The summed E-state index contributed by atoms with van der Waals surface area (Å²) in [6, 6.07) is 0. The van der Waals surface area contributed by atoms with E-state index in [1.54, 1.807) is 0 Å². The molecule has 5 heteroatoms. The first-order chi connectivity index (χ1) is 8.12. The molecule has 1 rings (SSSR count). The molecule has 0 spiro atoms. The number of hydrogen-bond acceptors (Lipinski definition) is 4. The first kappa shape index (κ1) is 14.0. The fraction of sp³-hybridized carbons (Fsp3) is 0.833. The highest BCUT2D eigenvalue weighted by Gasteiger charge is 2.37. The first-order valence-electron chi connectivity index (χ1n) is 6.15. The van der Waals surface area contributed by atoms with Crippen LogP contribution in [0.1, 0.15) is 38.5 Å². The quantitative estimate of drug-likeness (QED) is 0.505. The minimum atomic E-state index is -0.239. The van der Waals surface area contributed by atoms with Gasteiger partial charge in [0.1, 0.15) is 0 Å². The summed E-state index contributed by atoms with van der Waals surface area (Å²) in [5.41, 5.74) is 5.74. The summed E-state index contributed by atoms with van der Waals surface area (Å²) in [6.07, 6.45) is 4.76. The number of nitrogens with two attached hydrogens (primary N) is 1. The number of hydrogen-bond donors (Lipinski definition) is 2. The van der Waals surface area contributed by atoms with Crippen molar-refractivity contribution in [1.29, 1.82) is 0 Å². The second-order valence-corrected chi connectivity index (χ2v) is 4.76. The molecule has 1 amide bonds. The number of nitrogens with one attached hydrogen (secondary N) is 1. The van der Waals surface area contributed by atoms with Gasteiger partial charge in [0, 0.05) is 19.4 Å². The average Bonchev–Trinajstić information content (AvgIpc) is 2.29. The van der Waals surface area contributed by atoms with Crippen LogP contribution >= 0.6 is 0 Å². The van der Waals surface area contributed by atoms with Crippen LogP contribution in [0.15, 0.2) is 0 Å². The molecule has 0 saturated heterocycles. The summed E-state index contributed by atoms with van der Waals surface area (Å²) < 4.78 is 4.51. The van der Waals surface area contributed by atoms with Crippen LogP contribution in [0.3, 0.4) is 0 Å². The molecule has 0 aromatic rings. The van der Waals surface area contributed by atoms with Gasteiger partial charge in [-0.15, -0.1) is 0 Å². The minimum absolute atomic E-state index is 0.0417. The molecule has 5 nitrogen and oxygen atoms in total. The predicted octanol–water partition coefficient (Wildman–Crippen LogP) is 0.575. The molecule has 17 heavy (non-hydrogen) atoms. The third kappa shape index (κ3) is 4.34. The lowest BCUT2D eigenvalue weighted by Crippen LogP contribution is -2.42. The molecule has 3 N–H and O–H groups in total. The lowest BCUT2D eigenvalue weighted by atomic mass is 9.66. The largest absolute Gasteiger partial charge is 0.469 e. The molecule has 98 valence electrons. The van der Waals surface area contributed by atoms with Gasteiger partial charge < -0.3 is 15.8 Å². The van der Waals surface area contributed by atoms with E-state index in [1.807, 2.05) is 0 Å². The molecule has 0 atom stereocenters. The zero-order valence-corrected chi connectivity index (χ0v) is 10.5. The van der Waals surface area contributed by atoms with Crippen LogP contribution in [-0.2, 0) is 14.3 Å². The number of esters is 1. The molecule has 1 aliphatic rings. The van der Waals surface area contributed by atoms with Crippen LogP contribution in [0.5, 0.6) is 0 Å². The number of amides is 1. The van der Waals surface area contributed by atoms with Crippen molar-refractivity contribution in [3.05, 3.63) is 0 Å². The van der Waals surface area contributed by atoms with E-state index >= 15 is 0 Å². The van der Waals surface area contributed by atoms with E-state index in [-0.39, 0.29) is 17.3 Å². The van der Waals surface area contributed by atoms with Crippen molar-refractivity contribution in [1.82, 2.24) is 5.32 Å². The Labute approximate surface area is 102 Å². The normalized spacial score (nSPS) is 17.1.